The topological polar surface area (TPSA) is 81.2 Å². The lowest BCUT2D eigenvalue weighted by molar-refractivity contribution is -0.119. The first kappa shape index (κ1) is 18.8. The largest absolute Gasteiger partial charge is 0.452 e. The molecule has 0 aliphatic heterocycles. The molecule has 0 fully saturated rings. The number of carbonyl (C=O) groups excluding carboxylic acids is 2. The first-order valence-electron chi connectivity index (χ1n) is 8.32. The van der Waals surface area contributed by atoms with E-state index >= 15 is 0 Å². The van der Waals surface area contributed by atoms with Crippen molar-refractivity contribution in [1.82, 2.24) is 9.97 Å². The van der Waals surface area contributed by atoms with Crippen LogP contribution in [0.4, 0.5) is 5.69 Å². The number of nitrogens with zero attached hydrogens (tertiary/aromatic N) is 2. The third-order valence-corrected chi connectivity index (χ3v) is 4.72. The van der Waals surface area contributed by atoms with Crippen LogP contribution in [0.3, 0.4) is 0 Å². The fraction of sp³-hybridized carbons (Fsp3) is 0.200. The molecule has 0 saturated heterocycles. The van der Waals surface area contributed by atoms with Crippen LogP contribution in [0.1, 0.15) is 21.7 Å². The molecule has 0 saturated carbocycles. The lowest BCUT2D eigenvalue weighted by Gasteiger charge is -2.08. The molecule has 0 bridgehead atoms. The third kappa shape index (κ3) is 4.62. The highest BCUT2D eigenvalue weighted by Crippen LogP contribution is 2.19. The Labute approximate surface area is 161 Å². The summed E-state index contributed by atoms with van der Waals surface area (Å²) in [5, 5.41) is 2.71. The van der Waals surface area contributed by atoms with Gasteiger partial charge in [0.25, 0.3) is 5.91 Å². The number of fused-ring (bicyclic) bond motifs is 1. The molecular formula is C20H19N3O3S. The van der Waals surface area contributed by atoms with Crippen LogP contribution >= 0.6 is 11.8 Å². The molecule has 7 heteroatoms. The number of amides is 1. The molecule has 3 aromatic rings. The summed E-state index contributed by atoms with van der Waals surface area (Å²) in [6.45, 7) is 3.39. The normalized spacial score (nSPS) is 10.6. The maximum absolute atomic E-state index is 12.2. The Morgan fingerprint density at radius 1 is 1.04 bits per heavy atom. The van der Waals surface area contributed by atoms with E-state index in [0.29, 0.717) is 22.3 Å². The minimum Gasteiger partial charge on any atom is -0.452 e. The fourth-order valence-corrected chi connectivity index (χ4v) is 2.93. The number of ether oxygens (including phenoxy) is 1. The Morgan fingerprint density at radius 3 is 2.52 bits per heavy atom. The Hall–Kier alpha value is -2.93. The van der Waals surface area contributed by atoms with Gasteiger partial charge in [-0.3, -0.25) is 4.79 Å². The number of benzene rings is 2. The van der Waals surface area contributed by atoms with Crippen molar-refractivity contribution in [2.45, 2.75) is 18.7 Å². The maximum Gasteiger partial charge on any atom is 0.338 e. The molecule has 3 rings (SSSR count). The van der Waals surface area contributed by atoms with Gasteiger partial charge in [0.15, 0.2) is 6.61 Å². The quantitative estimate of drug-likeness (QED) is 0.535. The van der Waals surface area contributed by atoms with Crippen molar-refractivity contribution in [3.8, 4) is 0 Å². The van der Waals surface area contributed by atoms with Gasteiger partial charge in [-0.05, 0) is 56.5 Å². The van der Waals surface area contributed by atoms with Crippen LogP contribution in [0, 0.1) is 13.8 Å². The number of nitrogens with one attached hydrogen (secondary N) is 1. The molecule has 0 atom stereocenters. The number of esters is 1. The van der Waals surface area contributed by atoms with E-state index in [1.807, 2.05) is 38.3 Å². The zero-order valence-corrected chi connectivity index (χ0v) is 16.1. The molecule has 1 amide bonds. The molecule has 0 aliphatic carbocycles. The highest BCUT2D eigenvalue weighted by molar-refractivity contribution is 7.98. The Bertz CT molecular complexity index is 1020. The van der Waals surface area contributed by atoms with Crippen molar-refractivity contribution in [1.29, 1.82) is 0 Å². The van der Waals surface area contributed by atoms with Crippen molar-refractivity contribution >= 4 is 40.4 Å². The van der Waals surface area contributed by atoms with Gasteiger partial charge in [0.05, 0.1) is 28.0 Å². The lowest BCUT2D eigenvalue weighted by atomic mass is 10.2. The summed E-state index contributed by atoms with van der Waals surface area (Å²) in [7, 11) is 0. The van der Waals surface area contributed by atoms with Gasteiger partial charge < -0.3 is 10.1 Å². The van der Waals surface area contributed by atoms with Crippen molar-refractivity contribution in [2.75, 3.05) is 18.2 Å². The summed E-state index contributed by atoms with van der Waals surface area (Å²) in [6, 6.07) is 12.4. The molecular weight excluding hydrogens is 362 g/mol. The number of hydrogen-bond donors (Lipinski definition) is 1. The van der Waals surface area contributed by atoms with Gasteiger partial charge in [-0.1, -0.05) is 6.07 Å². The zero-order chi connectivity index (χ0) is 19.4. The van der Waals surface area contributed by atoms with Crippen LogP contribution in [0.25, 0.3) is 11.0 Å². The second-order valence-electron chi connectivity index (χ2n) is 5.95. The van der Waals surface area contributed by atoms with Crippen molar-refractivity contribution < 1.29 is 14.3 Å². The standard InChI is InChI=1S/C20H19N3O3S/c1-12-13(2)22-18-9-14(7-8-17(18)21-12)20(25)26-11-19(24)23-15-5-4-6-16(10-15)27-3/h4-10H,11H2,1-3H3,(H,23,24). The number of anilines is 1. The molecule has 1 heterocycles. The van der Waals surface area contributed by atoms with Gasteiger partial charge >= 0.3 is 5.97 Å². The first-order valence-corrected chi connectivity index (χ1v) is 9.55. The van der Waals surface area contributed by atoms with E-state index in [0.717, 1.165) is 16.3 Å². The monoisotopic (exact) mass is 381 g/mol. The third-order valence-electron chi connectivity index (χ3n) is 4.00. The summed E-state index contributed by atoms with van der Waals surface area (Å²) in [6.07, 6.45) is 1.96. The molecule has 0 aliphatic rings. The van der Waals surface area contributed by atoms with E-state index in [1.54, 1.807) is 36.0 Å². The average molecular weight is 381 g/mol. The van der Waals surface area contributed by atoms with E-state index in [-0.39, 0.29) is 6.61 Å². The van der Waals surface area contributed by atoms with Gasteiger partial charge in [0.1, 0.15) is 0 Å². The predicted molar refractivity (Wildman–Crippen MR) is 106 cm³/mol. The zero-order valence-electron chi connectivity index (χ0n) is 15.3. The van der Waals surface area contributed by atoms with Gasteiger partial charge in [0.2, 0.25) is 0 Å². The first-order chi connectivity index (χ1) is 13.0. The summed E-state index contributed by atoms with van der Waals surface area (Å²) in [5.41, 5.74) is 3.97. The van der Waals surface area contributed by atoms with E-state index < -0.39 is 11.9 Å². The number of aryl methyl sites for hydroxylation is 2. The SMILES string of the molecule is CSc1cccc(NC(=O)COC(=O)c2ccc3nc(C)c(C)nc3c2)c1. The van der Waals surface area contributed by atoms with Gasteiger partial charge in [0, 0.05) is 10.6 Å². The molecule has 0 radical (unpaired) electrons. The maximum atomic E-state index is 12.2. The smallest absolute Gasteiger partial charge is 0.338 e. The van der Waals surface area contributed by atoms with Crippen LogP contribution in [0.15, 0.2) is 47.4 Å². The second-order valence-corrected chi connectivity index (χ2v) is 6.83. The van der Waals surface area contributed by atoms with Crippen molar-refractivity contribution in [3.63, 3.8) is 0 Å². The molecule has 1 N–H and O–H groups in total. The Balaban J connectivity index is 1.63. The predicted octanol–water partition coefficient (Wildman–Crippen LogP) is 3.76. The molecule has 6 nitrogen and oxygen atoms in total. The van der Waals surface area contributed by atoms with E-state index in [2.05, 4.69) is 15.3 Å². The van der Waals surface area contributed by atoms with E-state index in [1.165, 1.54) is 0 Å². The van der Waals surface area contributed by atoms with Crippen molar-refractivity contribution in [3.05, 3.63) is 59.4 Å². The minimum atomic E-state index is -0.579. The van der Waals surface area contributed by atoms with Crippen LogP contribution in [0.2, 0.25) is 0 Å². The second kappa shape index (κ2) is 8.18. The fourth-order valence-electron chi connectivity index (χ4n) is 2.47. The Kier molecular flexibility index (Phi) is 5.71. The van der Waals surface area contributed by atoms with E-state index in [4.69, 9.17) is 4.74 Å². The molecule has 1 aromatic heterocycles. The minimum absolute atomic E-state index is 0.331. The lowest BCUT2D eigenvalue weighted by Crippen LogP contribution is -2.21. The van der Waals surface area contributed by atoms with Crippen LogP contribution in [-0.2, 0) is 9.53 Å². The van der Waals surface area contributed by atoms with E-state index in [9.17, 15) is 9.59 Å². The number of hydrogen-bond acceptors (Lipinski definition) is 6. The number of aromatic nitrogens is 2. The van der Waals surface area contributed by atoms with Gasteiger partial charge in [-0.15, -0.1) is 11.8 Å². The number of carbonyl (C=O) groups is 2. The van der Waals surface area contributed by atoms with Gasteiger partial charge in [-0.25, -0.2) is 14.8 Å². The number of rotatable bonds is 5. The highest BCUT2D eigenvalue weighted by Gasteiger charge is 2.12. The molecule has 0 spiro atoms. The van der Waals surface area contributed by atoms with Crippen LogP contribution < -0.4 is 5.32 Å². The highest BCUT2D eigenvalue weighted by atomic mass is 32.2. The van der Waals surface area contributed by atoms with Crippen LogP contribution in [-0.4, -0.2) is 34.7 Å². The summed E-state index contributed by atoms with van der Waals surface area (Å²) in [4.78, 5) is 34.2. The molecule has 2 aromatic carbocycles. The van der Waals surface area contributed by atoms with Gasteiger partial charge in [-0.2, -0.15) is 0 Å². The van der Waals surface area contributed by atoms with Crippen LogP contribution in [0.5, 0.6) is 0 Å². The van der Waals surface area contributed by atoms with Crippen molar-refractivity contribution in [2.24, 2.45) is 0 Å². The summed E-state index contributed by atoms with van der Waals surface area (Å²) in [5.74, 6) is -0.974. The average Bonchev–Trinajstić information content (AvgIpc) is 2.66. The molecule has 0 unspecified atom stereocenters. The number of thioether (sulfide) groups is 1. The molecule has 138 valence electrons. The Morgan fingerprint density at radius 2 is 1.78 bits per heavy atom. The summed E-state index contributed by atoms with van der Waals surface area (Å²) >= 11 is 1.58. The summed E-state index contributed by atoms with van der Waals surface area (Å²) < 4.78 is 5.12. The molecule has 27 heavy (non-hydrogen) atoms.